The first-order valence-electron chi connectivity index (χ1n) is 3.47. The maximum Gasteiger partial charge on any atom is 0.0461 e. The molecule has 1 rings (SSSR count). The highest BCUT2D eigenvalue weighted by molar-refractivity contribution is 5.48. The van der Waals surface area contributed by atoms with E-state index in [0.717, 1.165) is 12.1 Å². The van der Waals surface area contributed by atoms with Gasteiger partial charge in [0, 0.05) is 18.8 Å². The fourth-order valence-corrected chi connectivity index (χ4v) is 0.938. The zero-order chi connectivity index (χ0) is 7.40. The molecule has 1 aromatic rings. The lowest BCUT2D eigenvalue weighted by atomic mass is 10.1. The van der Waals surface area contributed by atoms with Gasteiger partial charge in [-0.15, -0.1) is 0 Å². The molecule has 0 atom stereocenters. The summed E-state index contributed by atoms with van der Waals surface area (Å²) >= 11 is 0. The van der Waals surface area contributed by atoms with Gasteiger partial charge in [-0.1, -0.05) is 19.1 Å². The predicted octanol–water partition coefficient (Wildman–Crippen LogP) is 1.89. The number of aryl methyl sites for hydroxylation is 1. The maximum absolute atomic E-state index is 3.10. The molecule has 1 heteroatoms. The highest BCUT2D eigenvalue weighted by Gasteiger charge is 1.93. The van der Waals surface area contributed by atoms with Gasteiger partial charge >= 0.3 is 0 Å². The highest BCUT2D eigenvalue weighted by Crippen LogP contribution is 2.11. The molecule has 0 bridgehead atoms. The molecule has 10 heavy (non-hydrogen) atoms. The lowest BCUT2D eigenvalue weighted by Gasteiger charge is -2.02. The van der Waals surface area contributed by atoms with E-state index in [1.807, 2.05) is 19.2 Å². The molecule has 0 saturated carbocycles. The Hall–Kier alpha value is -1.16. The SMILES string of the molecule is CCc1cc#ccc1NC. The van der Waals surface area contributed by atoms with Crippen LogP contribution in [-0.4, -0.2) is 7.05 Å². The summed E-state index contributed by atoms with van der Waals surface area (Å²) in [6.07, 6.45) is 1.04. The molecule has 1 nitrogen and oxygen atoms in total. The molecule has 0 fully saturated rings. The van der Waals surface area contributed by atoms with Gasteiger partial charge in [0.2, 0.25) is 0 Å². The van der Waals surface area contributed by atoms with Crippen LogP contribution in [0.25, 0.3) is 0 Å². The van der Waals surface area contributed by atoms with E-state index < -0.39 is 0 Å². The number of hydrogen-bond donors (Lipinski definition) is 1. The number of hydrogen-bond acceptors (Lipinski definition) is 1. The summed E-state index contributed by atoms with van der Waals surface area (Å²) in [5.74, 6) is 0. The fourth-order valence-electron chi connectivity index (χ4n) is 0.938. The third-order valence-electron chi connectivity index (χ3n) is 1.54. The van der Waals surface area contributed by atoms with Crippen LogP contribution in [0.2, 0.25) is 0 Å². The Morgan fingerprint density at radius 2 is 2.10 bits per heavy atom. The summed E-state index contributed by atoms with van der Waals surface area (Å²) in [6.45, 7) is 2.13. The maximum atomic E-state index is 3.10. The Labute approximate surface area is 62.1 Å². The Kier molecular flexibility index (Phi) is 2.17. The molecule has 0 amide bonds. The van der Waals surface area contributed by atoms with E-state index in [1.165, 1.54) is 5.56 Å². The molecule has 0 radical (unpaired) electrons. The third-order valence-corrected chi connectivity index (χ3v) is 1.54. The van der Waals surface area contributed by atoms with Gasteiger partial charge < -0.3 is 5.32 Å². The minimum absolute atomic E-state index is 1.04. The van der Waals surface area contributed by atoms with Gasteiger partial charge in [0.05, 0.1) is 0 Å². The van der Waals surface area contributed by atoms with Crippen molar-refractivity contribution in [3.05, 3.63) is 29.8 Å². The van der Waals surface area contributed by atoms with Gasteiger partial charge in [-0.05, 0) is 18.1 Å². The van der Waals surface area contributed by atoms with Crippen molar-refractivity contribution < 1.29 is 0 Å². The van der Waals surface area contributed by atoms with Gasteiger partial charge in [-0.2, -0.15) is 0 Å². The molecule has 52 valence electrons. The monoisotopic (exact) mass is 133 g/mol. The van der Waals surface area contributed by atoms with Crippen molar-refractivity contribution in [2.24, 2.45) is 0 Å². The minimum atomic E-state index is 1.04. The van der Waals surface area contributed by atoms with Gasteiger partial charge in [0.15, 0.2) is 0 Å². The summed E-state index contributed by atoms with van der Waals surface area (Å²) < 4.78 is 0. The summed E-state index contributed by atoms with van der Waals surface area (Å²) in [4.78, 5) is 0. The van der Waals surface area contributed by atoms with Crippen LogP contribution >= 0.6 is 0 Å². The quantitative estimate of drug-likeness (QED) is 0.649. The Bertz CT molecular complexity index is 183. The van der Waals surface area contributed by atoms with Gasteiger partial charge in [0.1, 0.15) is 0 Å². The molecule has 0 spiro atoms. The third kappa shape index (κ3) is 1.22. The smallest absolute Gasteiger partial charge is 0.0461 e. The van der Waals surface area contributed by atoms with E-state index >= 15 is 0 Å². The molecule has 0 unspecified atom stereocenters. The van der Waals surface area contributed by atoms with Crippen molar-refractivity contribution in [2.75, 3.05) is 12.4 Å². The first-order chi connectivity index (χ1) is 4.88. The molecule has 0 aromatic heterocycles. The second-order valence-electron chi connectivity index (χ2n) is 2.12. The number of nitrogens with one attached hydrogen (secondary N) is 1. The highest BCUT2D eigenvalue weighted by atomic mass is 14.8. The predicted molar refractivity (Wildman–Crippen MR) is 43.0 cm³/mol. The summed E-state index contributed by atoms with van der Waals surface area (Å²) in [5, 5.41) is 3.10. The lowest BCUT2D eigenvalue weighted by molar-refractivity contribution is 1.14. The van der Waals surface area contributed by atoms with Crippen molar-refractivity contribution in [1.82, 2.24) is 0 Å². The lowest BCUT2D eigenvalue weighted by Crippen LogP contribution is -1.91. The van der Waals surface area contributed by atoms with E-state index in [0.29, 0.717) is 0 Å². The molecule has 1 aromatic carbocycles. The Morgan fingerprint density at radius 3 is 2.60 bits per heavy atom. The average molecular weight is 133 g/mol. The van der Waals surface area contributed by atoms with Crippen LogP contribution in [0.5, 0.6) is 0 Å². The molecule has 0 saturated heterocycles. The topological polar surface area (TPSA) is 12.0 Å². The van der Waals surface area contributed by atoms with E-state index in [2.05, 4.69) is 24.4 Å². The van der Waals surface area contributed by atoms with Gasteiger partial charge in [-0.25, -0.2) is 0 Å². The van der Waals surface area contributed by atoms with Crippen LogP contribution in [0.3, 0.4) is 0 Å². The first kappa shape index (κ1) is 6.95. The molecule has 0 aliphatic rings. The number of rotatable bonds is 2. The number of anilines is 1. The Morgan fingerprint density at radius 1 is 1.40 bits per heavy atom. The van der Waals surface area contributed by atoms with E-state index in [1.54, 1.807) is 0 Å². The largest absolute Gasteiger partial charge is 0.387 e. The van der Waals surface area contributed by atoms with E-state index in [9.17, 15) is 0 Å². The van der Waals surface area contributed by atoms with Crippen LogP contribution in [0.15, 0.2) is 12.1 Å². The van der Waals surface area contributed by atoms with Crippen molar-refractivity contribution in [2.45, 2.75) is 13.3 Å². The molecular weight excluding hydrogens is 122 g/mol. The van der Waals surface area contributed by atoms with Gasteiger partial charge in [0.25, 0.3) is 0 Å². The molecule has 0 heterocycles. The Balaban J connectivity index is 2.96. The fraction of sp³-hybridized carbons (Fsp3) is 0.333. The van der Waals surface area contributed by atoms with E-state index in [4.69, 9.17) is 0 Å². The summed E-state index contributed by atoms with van der Waals surface area (Å²) in [5.41, 5.74) is 2.45. The van der Waals surface area contributed by atoms with Crippen molar-refractivity contribution >= 4 is 5.69 Å². The molecular formula is C9H11N. The molecule has 0 aliphatic heterocycles. The summed E-state index contributed by atoms with van der Waals surface area (Å²) in [6, 6.07) is 9.70. The first-order valence-corrected chi connectivity index (χ1v) is 3.47. The van der Waals surface area contributed by atoms with Crippen LogP contribution in [0, 0.1) is 12.1 Å². The van der Waals surface area contributed by atoms with E-state index in [-0.39, 0.29) is 0 Å². The molecule has 1 N–H and O–H groups in total. The van der Waals surface area contributed by atoms with Crippen LogP contribution in [0.4, 0.5) is 5.69 Å². The molecule has 0 aliphatic carbocycles. The zero-order valence-corrected chi connectivity index (χ0v) is 6.36. The van der Waals surface area contributed by atoms with Crippen molar-refractivity contribution in [3.8, 4) is 0 Å². The standard InChI is InChI=1S/C9H11N/c1-3-8-6-4-5-7-9(8)10-2/h6-7,10H,3H2,1-2H3. The normalized spacial score (nSPS) is 8.60. The van der Waals surface area contributed by atoms with Crippen LogP contribution in [-0.2, 0) is 6.42 Å². The second-order valence-corrected chi connectivity index (χ2v) is 2.12. The average Bonchev–Trinajstić information content (AvgIpc) is 2.04. The van der Waals surface area contributed by atoms with Crippen molar-refractivity contribution in [1.29, 1.82) is 0 Å². The van der Waals surface area contributed by atoms with Crippen LogP contribution < -0.4 is 5.32 Å². The van der Waals surface area contributed by atoms with Crippen LogP contribution in [0.1, 0.15) is 12.5 Å². The second kappa shape index (κ2) is 3.12. The minimum Gasteiger partial charge on any atom is -0.387 e. The van der Waals surface area contributed by atoms with Gasteiger partial charge in [-0.3, -0.25) is 0 Å². The zero-order valence-electron chi connectivity index (χ0n) is 6.36. The summed E-state index contributed by atoms with van der Waals surface area (Å²) in [7, 11) is 1.92. The van der Waals surface area contributed by atoms with Crippen molar-refractivity contribution in [3.63, 3.8) is 0 Å².